The van der Waals surface area contributed by atoms with Gasteiger partial charge in [0.05, 0.1) is 23.6 Å². The van der Waals surface area contributed by atoms with Crippen LogP contribution in [0.15, 0.2) is 35.5 Å². The average Bonchev–Trinajstić information content (AvgIpc) is 3.06. The highest BCUT2D eigenvalue weighted by Crippen LogP contribution is 2.29. The SMILES string of the molecule is CC1(C)CN(C(=O)n2cc(-n3c(=O)[nH]c4ncccc43)cn2)C1. The summed E-state index contributed by atoms with van der Waals surface area (Å²) < 4.78 is 2.73. The topological polar surface area (TPSA) is 88.8 Å². The lowest BCUT2D eigenvalue weighted by molar-refractivity contribution is 0.0610. The van der Waals surface area contributed by atoms with E-state index in [9.17, 15) is 9.59 Å². The second-order valence-corrected chi connectivity index (χ2v) is 6.58. The van der Waals surface area contributed by atoms with Gasteiger partial charge in [0, 0.05) is 24.7 Å². The molecule has 4 rings (SSSR count). The van der Waals surface area contributed by atoms with Gasteiger partial charge >= 0.3 is 11.7 Å². The van der Waals surface area contributed by atoms with E-state index in [4.69, 9.17) is 0 Å². The van der Waals surface area contributed by atoms with Crippen molar-refractivity contribution >= 4 is 17.2 Å². The summed E-state index contributed by atoms with van der Waals surface area (Å²) in [6.45, 7) is 5.64. The summed E-state index contributed by atoms with van der Waals surface area (Å²) in [6, 6.07) is 3.36. The molecule has 8 nitrogen and oxygen atoms in total. The summed E-state index contributed by atoms with van der Waals surface area (Å²) in [4.78, 5) is 33.0. The molecule has 0 aliphatic carbocycles. The minimum atomic E-state index is -0.309. The van der Waals surface area contributed by atoms with Crippen LogP contribution in [0.25, 0.3) is 16.9 Å². The van der Waals surface area contributed by atoms with Gasteiger partial charge in [0.1, 0.15) is 0 Å². The Morgan fingerprint density at radius 1 is 1.35 bits per heavy atom. The lowest BCUT2D eigenvalue weighted by Gasteiger charge is -2.45. The summed E-state index contributed by atoms with van der Waals surface area (Å²) >= 11 is 0. The molecule has 23 heavy (non-hydrogen) atoms. The fraction of sp³-hybridized carbons (Fsp3) is 0.333. The van der Waals surface area contributed by atoms with Gasteiger partial charge in [0.15, 0.2) is 5.65 Å². The van der Waals surface area contributed by atoms with Crippen LogP contribution in [-0.2, 0) is 0 Å². The van der Waals surface area contributed by atoms with Gasteiger partial charge in [-0.15, -0.1) is 0 Å². The number of pyridine rings is 1. The van der Waals surface area contributed by atoms with Crippen molar-refractivity contribution in [2.24, 2.45) is 5.41 Å². The Kier molecular flexibility index (Phi) is 2.72. The molecular weight excluding hydrogens is 296 g/mol. The number of nitrogens with one attached hydrogen (secondary N) is 1. The third kappa shape index (κ3) is 2.14. The van der Waals surface area contributed by atoms with Crippen LogP contribution >= 0.6 is 0 Å². The van der Waals surface area contributed by atoms with Gasteiger partial charge in [-0.05, 0) is 12.1 Å². The minimum absolute atomic E-state index is 0.158. The molecule has 1 aliphatic rings. The molecule has 0 unspecified atom stereocenters. The van der Waals surface area contributed by atoms with Crippen LogP contribution in [0.2, 0.25) is 0 Å². The summed E-state index contributed by atoms with van der Waals surface area (Å²) in [5, 5.41) is 4.10. The summed E-state index contributed by atoms with van der Waals surface area (Å²) in [7, 11) is 0. The Bertz CT molecular complexity index is 956. The van der Waals surface area contributed by atoms with Gasteiger partial charge in [0.2, 0.25) is 0 Å². The normalized spacial score (nSPS) is 16.5. The second kappa shape index (κ2) is 4.55. The molecule has 118 valence electrons. The highest BCUT2D eigenvalue weighted by Gasteiger charge is 2.38. The molecule has 1 fully saturated rings. The molecule has 0 saturated carbocycles. The molecule has 4 heterocycles. The van der Waals surface area contributed by atoms with E-state index in [1.54, 1.807) is 29.4 Å². The number of imidazole rings is 1. The first kappa shape index (κ1) is 13.7. The lowest BCUT2D eigenvalue weighted by atomic mass is 9.85. The van der Waals surface area contributed by atoms with Crippen molar-refractivity contribution in [1.82, 2.24) is 29.2 Å². The van der Waals surface area contributed by atoms with E-state index < -0.39 is 0 Å². The third-order valence-electron chi connectivity index (χ3n) is 3.99. The summed E-state index contributed by atoms with van der Waals surface area (Å²) in [5.41, 5.74) is 1.53. The number of rotatable bonds is 1. The molecular formula is C15H16N6O2. The quantitative estimate of drug-likeness (QED) is 0.731. The van der Waals surface area contributed by atoms with E-state index in [0.717, 1.165) is 0 Å². The van der Waals surface area contributed by atoms with Crippen LogP contribution in [0.1, 0.15) is 13.8 Å². The van der Waals surface area contributed by atoms with Crippen molar-refractivity contribution in [3.05, 3.63) is 41.2 Å². The number of aromatic nitrogens is 5. The highest BCUT2D eigenvalue weighted by atomic mass is 16.2. The van der Waals surface area contributed by atoms with E-state index in [1.165, 1.54) is 15.4 Å². The molecule has 0 spiro atoms. The van der Waals surface area contributed by atoms with E-state index in [1.807, 2.05) is 0 Å². The molecule has 1 N–H and O–H groups in total. The van der Waals surface area contributed by atoms with Crippen molar-refractivity contribution in [2.45, 2.75) is 13.8 Å². The maximum atomic E-state index is 12.4. The zero-order valence-corrected chi connectivity index (χ0v) is 12.9. The number of likely N-dealkylation sites (tertiary alicyclic amines) is 1. The maximum absolute atomic E-state index is 12.4. The number of hydrogen-bond acceptors (Lipinski definition) is 4. The number of H-pyrrole nitrogens is 1. The van der Waals surface area contributed by atoms with Crippen LogP contribution < -0.4 is 5.69 Å². The number of carbonyl (C=O) groups excluding carboxylic acids is 1. The van der Waals surface area contributed by atoms with Crippen molar-refractivity contribution in [2.75, 3.05) is 13.1 Å². The largest absolute Gasteiger partial charge is 0.344 e. The zero-order chi connectivity index (χ0) is 16.2. The Hall–Kier alpha value is -2.90. The number of hydrogen-bond donors (Lipinski definition) is 1. The zero-order valence-electron chi connectivity index (χ0n) is 12.9. The maximum Gasteiger partial charge on any atom is 0.344 e. The number of carbonyl (C=O) groups is 1. The average molecular weight is 312 g/mol. The van der Waals surface area contributed by atoms with Crippen molar-refractivity contribution < 1.29 is 4.79 Å². The first-order valence-electron chi connectivity index (χ1n) is 7.35. The van der Waals surface area contributed by atoms with Gasteiger partial charge in [-0.25, -0.2) is 14.6 Å². The Morgan fingerprint density at radius 2 is 2.13 bits per heavy atom. The van der Waals surface area contributed by atoms with E-state index in [-0.39, 0.29) is 17.1 Å². The smallest absolute Gasteiger partial charge is 0.322 e. The number of aromatic amines is 1. The first-order chi connectivity index (χ1) is 10.9. The molecule has 3 aromatic rings. The number of fused-ring (bicyclic) bond motifs is 1. The Labute approximate surface area is 131 Å². The molecule has 0 bridgehead atoms. The van der Waals surface area contributed by atoms with Crippen LogP contribution in [0.3, 0.4) is 0 Å². The predicted molar refractivity (Wildman–Crippen MR) is 83.6 cm³/mol. The molecule has 8 heteroatoms. The van der Waals surface area contributed by atoms with Crippen LogP contribution in [0, 0.1) is 5.41 Å². The van der Waals surface area contributed by atoms with Crippen LogP contribution in [0.5, 0.6) is 0 Å². The molecule has 1 amide bonds. The second-order valence-electron chi connectivity index (χ2n) is 6.58. The molecule has 1 aliphatic heterocycles. The van der Waals surface area contributed by atoms with Gasteiger partial charge in [-0.3, -0.25) is 9.55 Å². The summed E-state index contributed by atoms with van der Waals surface area (Å²) in [5.74, 6) is 0. The number of nitrogens with zero attached hydrogens (tertiary/aromatic N) is 5. The molecule has 0 radical (unpaired) electrons. The van der Waals surface area contributed by atoms with Gasteiger partial charge in [0.25, 0.3) is 0 Å². The fourth-order valence-corrected chi connectivity index (χ4v) is 3.00. The third-order valence-corrected chi connectivity index (χ3v) is 3.99. The minimum Gasteiger partial charge on any atom is -0.322 e. The fourth-order valence-electron chi connectivity index (χ4n) is 3.00. The van der Waals surface area contributed by atoms with E-state index >= 15 is 0 Å². The Morgan fingerprint density at radius 3 is 2.87 bits per heavy atom. The molecule has 3 aromatic heterocycles. The lowest BCUT2D eigenvalue weighted by Crippen LogP contribution is -2.56. The van der Waals surface area contributed by atoms with Crippen molar-refractivity contribution in [3.63, 3.8) is 0 Å². The first-order valence-corrected chi connectivity index (χ1v) is 7.35. The van der Waals surface area contributed by atoms with Crippen molar-refractivity contribution in [1.29, 1.82) is 0 Å². The molecule has 1 saturated heterocycles. The monoisotopic (exact) mass is 312 g/mol. The van der Waals surface area contributed by atoms with Gasteiger partial charge in [-0.2, -0.15) is 9.78 Å². The molecule has 0 aromatic carbocycles. The van der Waals surface area contributed by atoms with E-state index in [2.05, 4.69) is 28.9 Å². The summed E-state index contributed by atoms with van der Waals surface area (Å²) in [6.07, 6.45) is 4.68. The van der Waals surface area contributed by atoms with Crippen molar-refractivity contribution in [3.8, 4) is 5.69 Å². The van der Waals surface area contributed by atoms with Gasteiger partial charge in [-0.1, -0.05) is 13.8 Å². The Balaban J connectivity index is 1.69. The van der Waals surface area contributed by atoms with Crippen LogP contribution in [0.4, 0.5) is 4.79 Å². The van der Waals surface area contributed by atoms with Gasteiger partial charge < -0.3 is 4.90 Å². The predicted octanol–water partition coefficient (Wildman–Crippen LogP) is 1.22. The number of amides is 1. The van der Waals surface area contributed by atoms with E-state index in [0.29, 0.717) is 29.9 Å². The van der Waals surface area contributed by atoms with Crippen LogP contribution in [-0.4, -0.2) is 48.3 Å². The highest BCUT2D eigenvalue weighted by molar-refractivity contribution is 5.78. The standard InChI is InChI=1S/C15H16N6O2/c1-15(2)8-19(9-15)14(23)20-7-10(6-17-20)21-11-4-3-5-16-12(11)18-13(21)22/h3-7H,8-9H2,1-2H3,(H,16,18,22). The molecule has 0 atom stereocenters.